The van der Waals surface area contributed by atoms with Crippen molar-refractivity contribution in [1.29, 1.82) is 0 Å². The Balaban J connectivity index is 3.28. The third kappa shape index (κ3) is 3.64. The van der Waals surface area contributed by atoms with E-state index in [0.717, 1.165) is 0 Å². The lowest BCUT2D eigenvalue weighted by Crippen LogP contribution is -2.36. The molecule has 1 aromatic rings. The first-order valence-electron chi connectivity index (χ1n) is 5.43. The standard InChI is InChI=1S/C11H14F2N2O4S/c1-6(11(16)15(2)3)19-10-8(13)4-7(12)5-9(10)20(14,17)18/h4-6H,1-3H3,(H2,14,17,18). The topological polar surface area (TPSA) is 89.7 Å². The summed E-state index contributed by atoms with van der Waals surface area (Å²) in [5.74, 6) is -3.68. The van der Waals surface area contributed by atoms with Crippen molar-refractivity contribution in [1.82, 2.24) is 4.90 Å². The largest absolute Gasteiger partial charge is 0.476 e. The average Bonchev–Trinajstić information content (AvgIpc) is 2.29. The van der Waals surface area contributed by atoms with Gasteiger partial charge in [0.2, 0.25) is 10.0 Å². The Hall–Kier alpha value is -1.74. The fraction of sp³-hybridized carbons (Fsp3) is 0.364. The summed E-state index contributed by atoms with van der Waals surface area (Å²) in [6.07, 6.45) is -1.16. The maximum atomic E-state index is 13.7. The first kappa shape index (κ1) is 16.3. The Morgan fingerprint density at radius 3 is 2.35 bits per heavy atom. The van der Waals surface area contributed by atoms with Gasteiger partial charge >= 0.3 is 0 Å². The van der Waals surface area contributed by atoms with E-state index in [4.69, 9.17) is 9.88 Å². The fourth-order valence-electron chi connectivity index (χ4n) is 1.45. The van der Waals surface area contributed by atoms with Gasteiger partial charge in [0.25, 0.3) is 5.91 Å². The Morgan fingerprint density at radius 1 is 1.35 bits per heavy atom. The van der Waals surface area contributed by atoms with Crippen molar-refractivity contribution in [2.45, 2.75) is 17.9 Å². The molecule has 1 atom stereocenters. The number of nitrogens with zero attached hydrogens (tertiary/aromatic N) is 1. The lowest BCUT2D eigenvalue weighted by Gasteiger charge is -2.19. The third-order valence-electron chi connectivity index (χ3n) is 2.36. The molecule has 0 aromatic heterocycles. The van der Waals surface area contributed by atoms with Gasteiger partial charge in [-0.1, -0.05) is 0 Å². The van der Waals surface area contributed by atoms with Crippen LogP contribution in [-0.4, -0.2) is 39.4 Å². The lowest BCUT2D eigenvalue weighted by atomic mass is 10.3. The molecule has 0 heterocycles. The Bertz CT molecular complexity index is 632. The van der Waals surface area contributed by atoms with E-state index >= 15 is 0 Å². The van der Waals surface area contributed by atoms with Crippen LogP contribution >= 0.6 is 0 Å². The van der Waals surface area contributed by atoms with Crippen LogP contribution < -0.4 is 9.88 Å². The molecule has 0 aliphatic carbocycles. The zero-order valence-electron chi connectivity index (χ0n) is 11.1. The van der Waals surface area contributed by atoms with Gasteiger partial charge in [0.15, 0.2) is 17.7 Å². The monoisotopic (exact) mass is 308 g/mol. The van der Waals surface area contributed by atoms with Crippen molar-refractivity contribution in [2.24, 2.45) is 5.14 Å². The van der Waals surface area contributed by atoms with Crippen LogP contribution in [0.3, 0.4) is 0 Å². The highest BCUT2D eigenvalue weighted by molar-refractivity contribution is 7.89. The van der Waals surface area contributed by atoms with Gasteiger partial charge in [0, 0.05) is 20.2 Å². The van der Waals surface area contributed by atoms with E-state index in [-0.39, 0.29) is 0 Å². The lowest BCUT2D eigenvalue weighted by molar-refractivity contribution is -0.135. The highest BCUT2D eigenvalue weighted by atomic mass is 32.2. The molecule has 0 bridgehead atoms. The van der Waals surface area contributed by atoms with E-state index in [1.54, 1.807) is 0 Å². The van der Waals surface area contributed by atoms with Crippen LogP contribution in [0.2, 0.25) is 0 Å². The van der Waals surface area contributed by atoms with Gasteiger partial charge in [0.05, 0.1) is 0 Å². The molecule has 6 nitrogen and oxygen atoms in total. The normalized spacial score (nSPS) is 12.9. The molecule has 9 heteroatoms. The van der Waals surface area contributed by atoms with Crippen molar-refractivity contribution in [3.8, 4) is 5.75 Å². The molecule has 0 saturated carbocycles. The van der Waals surface area contributed by atoms with Crippen molar-refractivity contribution in [3.05, 3.63) is 23.8 Å². The van der Waals surface area contributed by atoms with Gasteiger partial charge in [-0.25, -0.2) is 22.3 Å². The predicted octanol–water partition coefficient (Wildman–Crippen LogP) is 0.468. The molecule has 1 aromatic carbocycles. The minimum Gasteiger partial charge on any atom is -0.476 e. The SMILES string of the molecule is CC(Oc1c(F)cc(F)cc1S(N)(=O)=O)C(=O)N(C)C. The molecule has 1 rings (SSSR count). The average molecular weight is 308 g/mol. The van der Waals surface area contributed by atoms with Crippen molar-refractivity contribution in [3.63, 3.8) is 0 Å². The van der Waals surface area contributed by atoms with Crippen LogP contribution in [0.1, 0.15) is 6.92 Å². The second-order valence-corrected chi connectivity index (χ2v) is 5.78. The minimum atomic E-state index is -4.40. The number of halogens is 2. The molecule has 0 radical (unpaired) electrons. The van der Waals surface area contributed by atoms with Crippen molar-refractivity contribution >= 4 is 15.9 Å². The van der Waals surface area contributed by atoms with Crippen LogP contribution in [0.15, 0.2) is 17.0 Å². The summed E-state index contributed by atoms with van der Waals surface area (Å²) < 4.78 is 54.3. The maximum Gasteiger partial charge on any atom is 0.262 e. The van der Waals surface area contributed by atoms with Crippen LogP contribution in [0.4, 0.5) is 8.78 Å². The van der Waals surface area contributed by atoms with Gasteiger partial charge in [-0.2, -0.15) is 0 Å². The Morgan fingerprint density at radius 2 is 1.90 bits per heavy atom. The molecular weight excluding hydrogens is 294 g/mol. The number of carbonyl (C=O) groups excluding carboxylic acids is 1. The quantitative estimate of drug-likeness (QED) is 0.875. The van der Waals surface area contributed by atoms with E-state index in [2.05, 4.69) is 0 Å². The zero-order chi connectivity index (χ0) is 15.7. The first-order chi connectivity index (χ1) is 9.04. The van der Waals surface area contributed by atoms with Crippen LogP contribution in [0, 0.1) is 11.6 Å². The molecule has 112 valence electrons. The van der Waals surface area contributed by atoms with E-state index in [9.17, 15) is 22.0 Å². The second kappa shape index (κ2) is 5.71. The summed E-state index contributed by atoms with van der Waals surface area (Å²) in [5.41, 5.74) is 0. The number of carbonyl (C=O) groups is 1. The van der Waals surface area contributed by atoms with E-state index in [0.29, 0.717) is 12.1 Å². The molecule has 20 heavy (non-hydrogen) atoms. The second-order valence-electron chi connectivity index (χ2n) is 4.25. The molecule has 0 aliphatic heterocycles. The third-order valence-corrected chi connectivity index (χ3v) is 3.28. The highest BCUT2D eigenvalue weighted by Gasteiger charge is 2.25. The summed E-state index contributed by atoms with van der Waals surface area (Å²) in [6.45, 7) is 1.30. The molecule has 0 aliphatic rings. The molecule has 1 amide bonds. The first-order valence-corrected chi connectivity index (χ1v) is 6.98. The summed E-state index contributed by atoms with van der Waals surface area (Å²) in [5, 5.41) is 4.87. The number of amides is 1. The molecule has 0 fully saturated rings. The number of benzene rings is 1. The fourth-order valence-corrected chi connectivity index (χ4v) is 2.13. The van der Waals surface area contributed by atoms with Gasteiger partial charge in [0.1, 0.15) is 10.7 Å². The number of sulfonamides is 1. The van der Waals surface area contributed by atoms with Crippen molar-refractivity contribution in [2.75, 3.05) is 14.1 Å². The molecule has 0 saturated heterocycles. The van der Waals surface area contributed by atoms with Gasteiger partial charge in [-0.3, -0.25) is 4.79 Å². The van der Waals surface area contributed by atoms with Crippen LogP contribution in [0.25, 0.3) is 0 Å². The summed E-state index contributed by atoms with van der Waals surface area (Å²) in [7, 11) is -1.50. The number of hydrogen-bond acceptors (Lipinski definition) is 4. The molecule has 0 spiro atoms. The summed E-state index contributed by atoms with van der Waals surface area (Å²) >= 11 is 0. The van der Waals surface area contributed by atoms with E-state index < -0.39 is 44.3 Å². The maximum absolute atomic E-state index is 13.7. The molecule has 1 unspecified atom stereocenters. The van der Waals surface area contributed by atoms with Crippen molar-refractivity contribution < 1.29 is 26.7 Å². The number of likely N-dealkylation sites (N-methyl/N-ethyl adjacent to an activating group) is 1. The minimum absolute atomic E-state index is 0.441. The summed E-state index contributed by atoms with van der Waals surface area (Å²) in [4.78, 5) is 11.9. The van der Waals surface area contributed by atoms with Crippen LogP contribution in [-0.2, 0) is 14.8 Å². The molecule has 2 N–H and O–H groups in total. The Kier molecular flexibility index (Phi) is 4.66. The van der Waals surface area contributed by atoms with Crippen LogP contribution in [0.5, 0.6) is 5.75 Å². The van der Waals surface area contributed by atoms with Gasteiger partial charge in [-0.05, 0) is 13.0 Å². The van der Waals surface area contributed by atoms with E-state index in [1.165, 1.54) is 25.9 Å². The van der Waals surface area contributed by atoms with E-state index in [1.807, 2.05) is 0 Å². The smallest absolute Gasteiger partial charge is 0.262 e. The molecular formula is C11H14F2N2O4S. The van der Waals surface area contributed by atoms with Gasteiger partial charge in [-0.15, -0.1) is 0 Å². The number of rotatable bonds is 4. The van der Waals surface area contributed by atoms with Gasteiger partial charge < -0.3 is 9.64 Å². The number of hydrogen-bond donors (Lipinski definition) is 1. The highest BCUT2D eigenvalue weighted by Crippen LogP contribution is 2.28. The Labute approximate surface area is 115 Å². The number of ether oxygens (including phenoxy) is 1. The zero-order valence-corrected chi connectivity index (χ0v) is 11.9. The summed E-state index contributed by atoms with van der Waals surface area (Å²) in [6, 6.07) is 0.970. The number of nitrogens with two attached hydrogens (primary N) is 1. The number of primary sulfonamides is 1. The predicted molar refractivity (Wildman–Crippen MR) is 66.5 cm³/mol.